The minimum absolute atomic E-state index is 0.176. The van der Waals surface area contributed by atoms with E-state index in [2.05, 4.69) is 6.58 Å². The van der Waals surface area contributed by atoms with E-state index in [9.17, 15) is 4.79 Å². The minimum Gasteiger partial charge on any atom is -0.478 e. The molecule has 1 atom stereocenters. The number of aliphatic carboxylic acids is 1. The lowest BCUT2D eigenvalue weighted by Gasteiger charge is -2.08. The van der Waals surface area contributed by atoms with E-state index in [1.165, 1.54) is 6.92 Å². The second-order valence-electron chi connectivity index (χ2n) is 3.32. The number of rotatable bonds is 4. The number of carboxylic acid groups (broad SMARTS) is 1. The van der Waals surface area contributed by atoms with Gasteiger partial charge in [-0.1, -0.05) is 26.8 Å². The molecule has 4 nitrogen and oxygen atoms in total. The quantitative estimate of drug-likeness (QED) is 0.477. The van der Waals surface area contributed by atoms with Gasteiger partial charge in [0.05, 0.1) is 0 Å². The largest absolute Gasteiger partial charge is 0.478 e. The fourth-order valence-electron chi connectivity index (χ4n) is 0.527. The number of hydrogen-bond acceptors (Lipinski definition) is 3. The smallest absolute Gasteiger partial charge is 0.330 e. The molecule has 0 spiro atoms. The molecule has 0 amide bonds. The van der Waals surface area contributed by atoms with Gasteiger partial charge in [0.25, 0.3) is 0 Å². The SMILES string of the molecule is C=C(C)C(=O)O.CCC(C)CC(O)O. The zero-order valence-corrected chi connectivity index (χ0v) is 9.03. The second kappa shape index (κ2) is 8.72. The van der Waals surface area contributed by atoms with Crippen molar-refractivity contribution in [2.45, 2.75) is 39.9 Å². The van der Waals surface area contributed by atoms with Gasteiger partial charge >= 0.3 is 5.97 Å². The lowest BCUT2D eigenvalue weighted by atomic mass is 10.1. The zero-order valence-electron chi connectivity index (χ0n) is 9.03. The van der Waals surface area contributed by atoms with E-state index in [1.807, 2.05) is 13.8 Å². The average molecular weight is 204 g/mol. The van der Waals surface area contributed by atoms with Crippen LogP contribution in [0.2, 0.25) is 0 Å². The summed E-state index contributed by atoms with van der Waals surface area (Å²) in [6.45, 7) is 8.64. The van der Waals surface area contributed by atoms with Gasteiger partial charge < -0.3 is 15.3 Å². The normalized spacial score (nSPS) is 11.6. The maximum atomic E-state index is 9.60. The minimum atomic E-state index is -1.12. The summed E-state index contributed by atoms with van der Waals surface area (Å²) in [6.07, 6.45) is 0.388. The fraction of sp³-hybridized carbons (Fsp3) is 0.700. The van der Waals surface area contributed by atoms with Crippen molar-refractivity contribution in [1.82, 2.24) is 0 Å². The van der Waals surface area contributed by atoms with Gasteiger partial charge in [0.1, 0.15) is 0 Å². The molecule has 0 fully saturated rings. The molecule has 0 aliphatic carbocycles. The Bertz CT molecular complexity index is 163. The molecule has 14 heavy (non-hydrogen) atoms. The Kier molecular flexibility index (Phi) is 9.71. The lowest BCUT2D eigenvalue weighted by molar-refractivity contribution is -0.132. The van der Waals surface area contributed by atoms with E-state index >= 15 is 0 Å². The molecule has 0 heterocycles. The Morgan fingerprint density at radius 1 is 1.43 bits per heavy atom. The van der Waals surface area contributed by atoms with E-state index in [1.54, 1.807) is 0 Å². The van der Waals surface area contributed by atoms with Crippen LogP contribution in [0.15, 0.2) is 12.2 Å². The molecule has 0 saturated carbocycles. The summed E-state index contributed by atoms with van der Waals surface area (Å²) in [5.74, 6) is -0.509. The molecular weight excluding hydrogens is 184 g/mol. The first kappa shape index (κ1) is 15.6. The van der Waals surface area contributed by atoms with Crippen molar-refractivity contribution in [1.29, 1.82) is 0 Å². The Hall–Kier alpha value is -0.870. The van der Waals surface area contributed by atoms with Crippen LogP contribution in [-0.2, 0) is 4.79 Å². The molecule has 0 saturated heterocycles. The predicted molar refractivity (Wildman–Crippen MR) is 54.7 cm³/mol. The van der Waals surface area contributed by atoms with Gasteiger partial charge in [-0.2, -0.15) is 0 Å². The first-order chi connectivity index (χ1) is 6.31. The van der Waals surface area contributed by atoms with E-state index < -0.39 is 12.3 Å². The van der Waals surface area contributed by atoms with Gasteiger partial charge in [0.15, 0.2) is 6.29 Å². The summed E-state index contributed by atoms with van der Waals surface area (Å²) >= 11 is 0. The summed E-state index contributed by atoms with van der Waals surface area (Å²) in [4.78, 5) is 9.60. The molecule has 0 radical (unpaired) electrons. The highest BCUT2D eigenvalue weighted by molar-refractivity contribution is 5.84. The van der Waals surface area contributed by atoms with E-state index in [0.29, 0.717) is 12.3 Å². The third kappa shape index (κ3) is 13.7. The Balaban J connectivity index is 0. The number of aliphatic hydroxyl groups excluding tert-OH is 1. The summed E-state index contributed by atoms with van der Waals surface area (Å²) in [6, 6.07) is 0. The summed E-state index contributed by atoms with van der Waals surface area (Å²) in [5, 5.41) is 24.7. The molecule has 3 N–H and O–H groups in total. The number of aliphatic hydroxyl groups is 2. The highest BCUT2D eigenvalue weighted by Crippen LogP contribution is 2.07. The molecule has 0 bridgehead atoms. The Morgan fingerprint density at radius 3 is 1.86 bits per heavy atom. The first-order valence-corrected chi connectivity index (χ1v) is 4.56. The van der Waals surface area contributed by atoms with Crippen molar-refractivity contribution in [3.05, 3.63) is 12.2 Å². The maximum absolute atomic E-state index is 9.60. The maximum Gasteiger partial charge on any atom is 0.330 e. The van der Waals surface area contributed by atoms with Gasteiger partial charge in [-0.15, -0.1) is 0 Å². The van der Waals surface area contributed by atoms with Gasteiger partial charge in [-0.25, -0.2) is 4.79 Å². The molecule has 0 aromatic heterocycles. The lowest BCUT2D eigenvalue weighted by Crippen LogP contribution is -2.09. The first-order valence-electron chi connectivity index (χ1n) is 4.56. The molecule has 0 rings (SSSR count). The number of carbonyl (C=O) groups is 1. The topological polar surface area (TPSA) is 77.8 Å². The van der Waals surface area contributed by atoms with Crippen molar-refractivity contribution >= 4 is 5.97 Å². The van der Waals surface area contributed by atoms with Crippen LogP contribution in [0.3, 0.4) is 0 Å². The molecule has 1 unspecified atom stereocenters. The highest BCUT2D eigenvalue weighted by Gasteiger charge is 2.02. The van der Waals surface area contributed by atoms with E-state index in [4.69, 9.17) is 15.3 Å². The average Bonchev–Trinajstić information content (AvgIpc) is 2.04. The monoisotopic (exact) mass is 204 g/mol. The molecule has 4 heteroatoms. The molecular formula is C10H20O4. The fourth-order valence-corrected chi connectivity index (χ4v) is 0.527. The Labute approximate surface area is 84.9 Å². The highest BCUT2D eigenvalue weighted by atomic mass is 16.5. The molecule has 0 aliphatic rings. The second-order valence-corrected chi connectivity index (χ2v) is 3.32. The summed E-state index contributed by atoms with van der Waals surface area (Å²) < 4.78 is 0. The zero-order chi connectivity index (χ0) is 11.7. The van der Waals surface area contributed by atoms with Crippen LogP contribution in [-0.4, -0.2) is 27.6 Å². The molecule has 0 aliphatic heterocycles. The molecule has 0 aromatic carbocycles. The number of hydrogen-bond donors (Lipinski definition) is 3. The van der Waals surface area contributed by atoms with Crippen LogP contribution in [0.5, 0.6) is 0 Å². The van der Waals surface area contributed by atoms with Crippen LogP contribution in [0.1, 0.15) is 33.6 Å². The van der Waals surface area contributed by atoms with Crippen molar-refractivity contribution < 1.29 is 20.1 Å². The van der Waals surface area contributed by atoms with Crippen LogP contribution in [0, 0.1) is 5.92 Å². The standard InChI is InChI=1S/C6H14O2.C4H6O2/c1-3-5(2)4-6(7)8;1-3(2)4(5)6/h5-8H,3-4H2,1-2H3;1H2,2H3,(H,5,6). The molecule has 84 valence electrons. The molecule has 0 aromatic rings. The van der Waals surface area contributed by atoms with Gasteiger partial charge in [0, 0.05) is 12.0 Å². The third-order valence-corrected chi connectivity index (χ3v) is 1.68. The van der Waals surface area contributed by atoms with Crippen molar-refractivity contribution in [3.8, 4) is 0 Å². The van der Waals surface area contributed by atoms with Crippen LogP contribution >= 0.6 is 0 Å². The van der Waals surface area contributed by atoms with Crippen LogP contribution < -0.4 is 0 Å². The van der Waals surface area contributed by atoms with Crippen molar-refractivity contribution in [3.63, 3.8) is 0 Å². The Morgan fingerprint density at radius 2 is 1.79 bits per heavy atom. The summed E-state index contributed by atoms with van der Waals surface area (Å²) in [5.41, 5.74) is 0.176. The van der Waals surface area contributed by atoms with E-state index in [0.717, 1.165) is 6.42 Å². The van der Waals surface area contributed by atoms with Crippen LogP contribution in [0.25, 0.3) is 0 Å². The number of carboxylic acids is 1. The predicted octanol–water partition coefficient (Wildman–Crippen LogP) is 1.38. The summed E-state index contributed by atoms with van der Waals surface area (Å²) in [7, 11) is 0. The van der Waals surface area contributed by atoms with E-state index in [-0.39, 0.29) is 5.57 Å². The van der Waals surface area contributed by atoms with Crippen molar-refractivity contribution in [2.75, 3.05) is 0 Å². The van der Waals surface area contributed by atoms with Crippen LogP contribution in [0.4, 0.5) is 0 Å². The van der Waals surface area contributed by atoms with Crippen molar-refractivity contribution in [2.24, 2.45) is 5.92 Å². The van der Waals surface area contributed by atoms with Gasteiger partial charge in [-0.3, -0.25) is 0 Å². The van der Waals surface area contributed by atoms with Gasteiger partial charge in [0.2, 0.25) is 0 Å². The van der Waals surface area contributed by atoms with Gasteiger partial charge in [-0.05, 0) is 12.8 Å². The third-order valence-electron chi connectivity index (χ3n) is 1.68.